The normalized spacial score (nSPS) is 21.1. The summed E-state index contributed by atoms with van der Waals surface area (Å²) < 4.78 is 11.2. The van der Waals surface area contributed by atoms with Crippen molar-refractivity contribution >= 4 is 0 Å². The minimum absolute atomic E-state index is 0.129. The molecule has 5 nitrogen and oxygen atoms in total. The largest absolute Gasteiger partial charge is 0.485 e. The Bertz CT molecular complexity index is 649. The van der Waals surface area contributed by atoms with Gasteiger partial charge in [0.25, 0.3) is 0 Å². The number of hydrogen-bond acceptors (Lipinski definition) is 5. The molecule has 1 unspecified atom stereocenters. The molecule has 0 aliphatic heterocycles. The van der Waals surface area contributed by atoms with Crippen LogP contribution in [0.4, 0.5) is 0 Å². The van der Waals surface area contributed by atoms with Crippen molar-refractivity contribution in [3.8, 4) is 5.75 Å². The van der Waals surface area contributed by atoms with Crippen molar-refractivity contribution in [2.75, 3.05) is 0 Å². The SMILES string of the molecule is NC1CCCc2c(OCc3noc(C4CC4)n3)cccc21. The van der Waals surface area contributed by atoms with Gasteiger partial charge in [0.2, 0.25) is 11.7 Å². The van der Waals surface area contributed by atoms with Crippen molar-refractivity contribution in [3.63, 3.8) is 0 Å². The molecule has 1 atom stereocenters. The summed E-state index contributed by atoms with van der Waals surface area (Å²) in [6.07, 6.45) is 5.51. The number of nitrogens with two attached hydrogens (primary N) is 1. The van der Waals surface area contributed by atoms with Gasteiger partial charge in [0, 0.05) is 12.0 Å². The third-order valence-electron chi connectivity index (χ3n) is 4.28. The van der Waals surface area contributed by atoms with E-state index in [1.165, 1.54) is 11.1 Å². The lowest BCUT2D eigenvalue weighted by atomic mass is 9.88. The number of benzene rings is 1. The summed E-state index contributed by atoms with van der Waals surface area (Å²) in [4.78, 5) is 4.39. The number of rotatable bonds is 4. The topological polar surface area (TPSA) is 74.2 Å². The number of aromatic nitrogens is 2. The van der Waals surface area contributed by atoms with Crippen LogP contribution in [0.25, 0.3) is 0 Å². The summed E-state index contributed by atoms with van der Waals surface area (Å²) in [5, 5.41) is 3.98. The van der Waals surface area contributed by atoms with Gasteiger partial charge >= 0.3 is 0 Å². The van der Waals surface area contributed by atoms with Gasteiger partial charge in [0.1, 0.15) is 5.75 Å². The van der Waals surface area contributed by atoms with E-state index in [4.69, 9.17) is 15.0 Å². The van der Waals surface area contributed by atoms with E-state index in [-0.39, 0.29) is 6.04 Å². The van der Waals surface area contributed by atoms with E-state index in [1.807, 2.05) is 12.1 Å². The van der Waals surface area contributed by atoms with Crippen LogP contribution >= 0.6 is 0 Å². The van der Waals surface area contributed by atoms with Crippen LogP contribution in [-0.4, -0.2) is 10.1 Å². The van der Waals surface area contributed by atoms with Gasteiger partial charge in [0.15, 0.2) is 6.61 Å². The molecule has 0 radical (unpaired) electrons. The Kier molecular flexibility index (Phi) is 3.15. The summed E-state index contributed by atoms with van der Waals surface area (Å²) in [5.74, 6) is 2.76. The second kappa shape index (κ2) is 5.15. The Balaban J connectivity index is 1.50. The first-order chi connectivity index (χ1) is 10.3. The molecule has 2 aliphatic carbocycles. The van der Waals surface area contributed by atoms with Gasteiger partial charge in [0.05, 0.1) is 0 Å². The Morgan fingerprint density at radius 2 is 2.19 bits per heavy atom. The van der Waals surface area contributed by atoms with Crippen LogP contribution in [0.3, 0.4) is 0 Å². The highest BCUT2D eigenvalue weighted by atomic mass is 16.5. The summed E-state index contributed by atoms with van der Waals surface area (Å²) in [6, 6.07) is 6.24. The zero-order valence-corrected chi connectivity index (χ0v) is 11.9. The minimum atomic E-state index is 0.129. The van der Waals surface area contributed by atoms with Crippen molar-refractivity contribution in [1.82, 2.24) is 10.1 Å². The third-order valence-corrected chi connectivity index (χ3v) is 4.28. The van der Waals surface area contributed by atoms with E-state index in [2.05, 4.69) is 16.2 Å². The number of nitrogens with zero attached hydrogens (tertiary/aromatic N) is 2. The first kappa shape index (κ1) is 12.8. The predicted octanol–water partition coefficient (Wildman–Crippen LogP) is 2.86. The molecule has 5 heteroatoms. The van der Waals surface area contributed by atoms with Crippen molar-refractivity contribution < 1.29 is 9.26 Å². The van der Waals surface area contributed by atoms with Crippen molar-refractivity contribution in [2.45, 2.75) is 50.7 Å². The molecule has 2 aromatic rings. The molecule has 1 heterocycles. The standard InChI is InChI=1S/C16H19N3O2/c17-13-5-1-4-12-11(13)3-2-6-14(12)20-9-15-18-16(21-19-15)10-7-8-10/h2-3,6,10,13H,1,4-5,7-9,17H2. The number of hydrogen-bond donors (Lipinski definition) is 1. The molecule has 1 aromatic carbocycles. The fourth-order valence-corrected chi connectivity index (χ4v) is 2.95. The number of ether oxygens (including phenoxy) is 1. The van der Waals surface area contributed by atoms with Crippen LogP contribution < -0.4 is 10.5 Å². The molecule has 0 bridgehead atoms. The second-order valence-corrected chi connectivity index (χ2v) is 5.93. The molecule has 4 rings (SSSR count). The van der Waals surface area contributed by atoms with Crippen LogP contribution in [0.5, 0.6) is 5.75 Å². The molecule has 2 aliphatic rings. The molecular weight excluding hydrogens is 266 g/mol. The summed E-state index contributed by atoms with van der Waals surface area (Å²) in [6.45, 7) is 0.349. The second-order valence-electron chi connectivity index (χ2n) is 5.93. The highest BCUT2D eigenvalue weighted by Crippen LogP contribution is 2.39. The van der Waals surface area contributed by atoms with Gasteiger partial charge < -0.3 is 15.0 Å². The van der Waals surface area contributed by atoms with Gasteiger partial charge in [-0.15, -0.1) is 0 Å². The molecule has 1 fully saturated rings. The fourth-order valence-electron chi connectivity index (χ4n) is 2.95. The lowest BCUT2D eigenvalue weighted by Crippen LogP contribution is -2.18. The predicted molar refractivity (Wildman–Crippen MR) is 76.9 cm³/mol. The number of fused-ring (bicyclic) bond motifs is 1. The maximum atomic E-state index is 6.17. The highest BCUT2D eigenvalue weighted by molar-refractivity contribution is 5.43. The van der Waals surface area contributed by atoms with Gasteiger partial charge in [-0.05, 0) is 49.3 Å². The van der Waals surface area contributed by atoms with Gasteiger partial charge in [-0.1, -0.05) is 17.3 Å². The van der Waals surface area contributed by atoms with E-state index in [0.29, 0.717) is 18.3 Å². The Labute approximate surface area is 123 Å². The Morgan fingerprint density at radius 1 is 1.29 bits per heavy atom. The first-order valence-electron chi connectivity index (χ1n) is 7.64. The van der Waals surface area contributed by atoms with Gasteiger partial charge in [-0.2, -0.15) is 4.98 Å². The van der Waals surface area contributed by atoms with Crippen LogP contribution in [0, 0.1) is 0 Å². The average Bonchev–Trinajstić information content (AvgIpc) is 3.25. The van der Waals surface area contributed by atoms with E-state index < -0.39 is 0 Å². The van der Waals surface area contributed by atoms with Gasteiger partial charge in [-0.3, -0.25) is 0 Å². The smallest absolute Gasteiger partial charge is 0.229 e. The van der Waals surface area contributed by atoms with Crippen LogP contribution in [0.2, 0.25) is 0 Å². The molecule has 0 amide bonds. The molecular formula is C16H19N3O2. The molecule has 0 spiro atoms. The molecule has 1 saturated carbocycles. The summed E-state index contributed by atoms with van der Waals surface area (Å²) in [5.41, 5.74) is 8.62. The van der Waals surface area contributed by atoms with Crippen LogP contribution in [0.15, 0.2) is 22.7 Å². The first-order valence-corrected chi connectivity index (χ1v) is 7.64. The Hall–Kier alpha value is -1.88. The molecule has 21 heavy (non-hydrogen) atoms. The summed E-state index contributed by atoms with van der Waals surface area (Å²) >= 11 is 0. The lowest BCUT2D eigenvalue weighted by molar-refractivity contribution is 0.280. The maximum Gasteiger partial charge on any atom is 0.229 e. The molecule has 1 aromatic heterocycles. The van der Waals surface area contributed by atoms with E-state index in [1.54, 1.807) is 0 Å². The quantitative estimate of drug-likeness (QED) is 0.935. The fraction of sp³-hybridized carbons (Fsp3) is 0.500. The molecule has 0 saturated heterocycles. The zero-order chi connectivity index (χ0) is 14.2. The Morgan fingerprint density at radius 3 is 3.05 bits per heavy atom. The lowest BCUT2D eigenvalue weighted by Gasteiger charge is -2.24. The molecule has 2 N–H and O–H groups in total. The van der Waals surface area contributed by atoms with Crippen molar-refractivity contribution in [1.29, 1.82) is 0 Å². The van der Waals surface area contributed by atoms with Crippen LogP contribution in [-0.2, 0) is 13.0 Å². The maximum absolute atomic E-state index is 6.17. The molecule has 110 valence electrons. The third kappa shape index (κ3) is 2.53. The minimum Gasteiger partial charge on any atom is -0.485 e. The van der Waals surface area contributed by atoms with Crippen molar-refractivity contribution in [3.05, 3.63) is 41.0 Å². The average molecular weight is 285 g/mol. The monoisotopic (exact) mass is 285 g/mol. The van der Waals surface area contributed by atoms with Gasteiger partial charge in [-0.25, -0.2) is 0 Å². The zero-order valence-electron chi connectivity index (χ0n) is 11.9. The van der Waals surface area contributed by atoms with E-state index in [9.17, 15) is 0 Å². The van der Waals surface area contributed by atoms with E-state index in [0.717, 1.165) is 43.7 Å². The van der Waals surface area contributed by atoms with E-state index >= 15 is 0 Å². The highest BCUT2D eigenvalue weighted by Gasteiger charge is 2.29. The summed E-state index contributed by atoms with van der Waals surface area (Å²) in [7, 11) is 0. The van der Waals surface area contributed by atoms with Crippen molar-refractivity contribution in [2.24, 2.45) is 5.73 Å². The van der Waals surface area contributed by atoms with Crippen LogP contribution in [0.1, 0.15) is 60.5 Å².